The molecule has 3 nitrogen and oxygen atoms in total. The number of nitrogens with zero attached hydrogens (tertiary/aromatic N) is 1. The van der Waals surface area contributed by atoms with Gasteiger partial charge in [-0.2, -0.15) is 0 Å². The highest BCUT2D eigenvalue weighted by molar-refractivity contribution is 9.10. The summed E-state index contributed by atoms with van der Waals surface area (Å²) >= 11 is 3.48. The number of halogens is 1. The van der Waals surface area contributed by atoms with Crippen molar-refractivity contribution in [2.45, 2.75) is 32.3 Å². The van der Waals surface area contributed by atoms with Crippen LogP contribution in [-0.4, -0.2) is 22.7 Å². The summed E-state index contributed by atoms with van der Waals surface area (Å²) < 4.78 is 6.67. The molecule has 1 aliphatic rings. The Hall–Kier alpha value is -0.870. The Bertz CT molecular complexity index is 546. The number of aromatic nitrogens is 2. The van der Waals surface area contributed by atoms with E-state index in [-0.39, 0.29) is 0 Å². The SMILES string of the molecule is CCOC1CC(Cc2nc3ccc(Br)cc3[nH]2)C1. The standard InChI is InChI=1S/C14H17BrN2O/c1-2-18-11-5-9(6-11)7-14-16-12-4-3-10(15)8-13(12)17-14/h3-4,8-9,11H,2,5-7H2,1H3,(H,16,17). The molecule has 0 amide bonds. The molecule has 3 rings (SSSR count). The van der Waals surface area contributed by atoms with Gasteiger partial charge >= 0.3 is 0 Å². The summed E-state index contributed by atoms with van der Waals surface area (Å²) in [5, 5.41) is 0. The fraction of sp³-hybridized carbons (Fsp3) is 0.500. The molecule has 0 unspecified atom stereocenters. The molecule has 1 heterocycles. The molecule has 2 aromatic rings. The number of imidazole rings is 1. The topological polar surface area (TPSA) is 37.9 Å². The van der Waals surface area contributed by atoms with E-state index in [2.05, 4.69) is 38.9 Å². The number of aromatic amines is 1. The molecule has 96 valence electrons. The highest BCUT2D eigenvalue weighted by Crippen LogP contribution is 2.32. The van der Waals surface area contributed by atoms with E-state index in [9.17, 15) is 0 Å². The Morgan fingerprint density at radius 2 is 2.28 bits per heavy atom. The minimum atomic E-state index is 0.485. The minimum Gasteiger partial charge on any atom is -0.378 e. The van der Waals surface area contributed by atoms with Gasteiger partial charge in [-0.05, 0) is 43.9 Å². The van der Waals surface area contributed by atoms with Crippen LogP contribution in [0.2, 0.25) is 0 Å². The van der Waals surface area contributed by atoms with Crippen LogP contribution in [0.15, 0.2) is 22.7 Å². The quantitative estimate of drug-likeness (QED) is 0.935. The first-order valence-corrected chi connectivity index (χ1v) is 7.29. The second-order valence-corrected chi connectivity index (χ2v) is 5.88. The van der Waals surface area contributed by atoms with Gasteiger partial charge in [0.1, 0.15) is 5.82 Å². The van der Waals surface area contributed by atoms with Crippen molar-refractivity contribution >= 4 is 27.0 Å². The van der Waals surface area contributed by atoms with Crippen LogP contribution in [0.1, 0.15) is 25.6 Å². The lowest BCUT2D eigenvalue weighted by Crippen LogP contribution is -2.32. The number of nitrogens with one attached hydrogen (secondary N) is 1. The smallest absolute Gasteiger partial charge is 0.107 e. The summed E-state index contributed by atoms with van der Waals surface area (Å²) in [6.45, 7) is 2.89. The Labute approximate surface area is 115 Å². The van der Waals surface area contributed by atoms with Gasteiger partial charge in [0.2, 0.25) is 0 Å². The monoisotopic (exact) mass is 308 g/mol. The molecule has 18 heavy (non-hydrogen) atoms. The van der Waals surface area contributed by atoms with Crippen molar-refractivity contribution in [1.29, 1.82) is 0 Å². The third-order valence-corrected chi connectivity index (χ3v) is 4.06. The Morgan fingerprint density at radius 1 is 1.44 bits per heavy atom. The molecule has 0 bridgehead atoms. The van der Waals surface area contributed by atoms with Crippen molar-refractivity contribution in [3.63, 3.8) is 0 Å². The van der Waals surface area contributed by atoms with Gasteiger partial charge in [-0.1, -0.05) is 15.9 Å². The number of fused-ring (bicyclic) bond motifs is 1. The number of hydrogen-bond donors (Lipinski definition) is 1. The highest BCUT2D eigenvalue weighted by Gasteiger charge is 2.30. The average Bonchev–Trinajstić information content (AvgIpc) is 2.68. The van der Waals surface area contributed by atoms with Gasteiger partial charge in [0, 0.05) is 17.5 Å². The number of benzene rings is 1. The fourth-order valence-electron chi connectivity index (χ4n) is 2.62. The van der Waals surface area contributed by atoms with Gasteiger partial charge in [0.25, 0.3) is 0 Å². The summed E-state index contributed by atoms with van der Waals surface area (Å²) in [4.78, 5) is 8.03. The summed E-state index contributed by atoms with van der Waals surface area (Å²) in [7, 11) is 0. The van der Waals surface area contributed by atoms with E-state index in [4.69, 9.17) is 4.74 Å². The molecule has 0 aliphatic heterocycles. The molecule has 1 aromatic heterocycles. The van der Waals surface area contributed by atoms with Gasteiger partial charge in [0.05, 0.1) is 17.1 Å². The van der Waals surface area contributed by atoms with Crippen LogP contribution in [0, 0.1) is 5.92 Å². The Morgan fingerprint density at radius 3 is 3.06 bits per heavy atom. The lowest BCUT2D eigenvalue weighted by molar-refractivity contribution is -0.0244. The number of rotatable bonds is 4. The van der Waals surface area contributed by atoms with Crippen LogP contribution in [0.5, 0.6) is 0 Å². The van der Waals surface area contributed by atoms with Gasteiger partial charge < -0.3 is 9.72 Å². The molecule has 0 saturated heterocycles. The van der Waals surface area contributed by atoms with E-state index in [1.54, 1.807) is 0 Å². The van der Waals surface area contributed by atoms with Gasteiger partial charge in [-0.25, -0.2) is 4.98 Å². The van der Waals surface area contributed by atoms with Crippen molar-refractivity contribution in [1.82, 2.24) is 9.97 Å². The molecule has 1 N–H and O–H groups in total. The summed E-state index contributed by atoms with van der Waals surface area (Å²) in [6.07, 6.45) is 3.87. The zero-order valence-corrected chi connectivity index (χ0v) is 12.0. The third kappa shape index (κ3) is 2.45. The molecule has 4 heteroatoms. The van der Waals surface area contributed by atoms with Crippen molar-refractivity contribution in [3.05, 3.63) is 28.5 Å². The van der Waals surface area contributed by atoms with Gasteiger partial charge in [0.15, 0.2) is 0 Å². The predicted octanol–water partition coefficient (Wildman–Crippen LogP) is 3.68. The van der Waals surface area contributed by atoms with Crippen molar-refractivity contribution in [3.8, 4) is 0 Å². The lowest BCUT2D eigenvalue weighted by Gasteiger charge is -2.34. The fourth-order valence-corrected chi connectivity index (χ4v) is 2.98. The van der Waals surface area contributed by atoms with Gasteiger partial charge in [-0.3, -0.25) is 0 Å². The number of H-pyrrole nitrogens is 1. The molecule has 1 aromatic carbocycles. The number of ether oxygens (including phenoxy) is 1. The van der Waals surface area contributed by atoms with Crippen molar-refractivity contribution in [2.75, 3.05) is 6.61 Å². The van der Waals surface area contributed by atoms with E-state index in [0.717, 1.165) is 40.3 Å². The van der Waals surface area contributed by atoms with E-state index in [1.807, 2.05) is 12.1 Å². The molecule has 1 aliphatic carbocycles. The number of hydrogen-bond acceptors (Lipinski definition) is 2. The van der Waals surface area contributed by atoms with E-state index < -0.39 is 0 Å². The maximum Gasteiger partial charge on any atom is 0.107 e. The van der Waals surface area contributed by atoms with E-state index in [0.29, 0.717) is 6.10 Å². The molecule has 1 fully saturated rings. The summed E-state index contributed by atoms with van der Waals surface area (Å²) in [5.74, 6) is 1.83. The van der Waals surface area contributed by atoms with Crippen LogP contribution >= 0.6 is 15.9 Å². The third-order valence-electron chi connectivity index (χ3n) is 3.57. The van der Waals surface area contributed by atoms with Crippen LogP contribution in [0.3, 0.4) is 0 Å². The summed E-state index contributed by atoms with van der Waals surface area (Å²) in [5.41, 5.74) is 2.16. The highest BCUT2D eigenvalue weighted by atomic mass is 79.9. The van der Waals surface area contributed by atoms with Crippen molar-refractivity contribution in [2.24, 2.45) is 5.92 Å². The molecule has 0 spiro atoms. The largest absolute Gasteiger partial charge is 0.378 e. The van der Waals surface area contributed by atoms with E-state index >= 15 is 0 Å². The molecule has 0 radical (unpaired) electrons. The maximum atomic E-state index is 5.58. The normalized spacial score (nSPS) is 23.2. The summed E-state index contributed by atoms with van der Waals surface area (Å²) in [6, 6.07) is 6.15. The Kier molecular flexibility index (Phi) is 3.39. The second-order valence-electron chi connectivity index (χ2n) is 4.96. The Balaban J connectivity index is 1.65. The zero-order valence-electron chi connectivity index (χ0n) is 10.4. The first-order chi connectivity index (χ1) is 8.74. The van der Waals surface area contributed by atoms with Crippen LogP contribution in [-0.2, 0) is 11.2 Å². The molecule has 1 saturated carbocycles. The van der Waals surface area contributed by atoms with E-state index in [1.165, 1.54) is 12.8 Å². The first-order valence-electron chi connectivity index (χ1n) is 6.50. The van der Waals surface area contributed by atoms with Gasteiger partial charge in [-0.15, -0.1) is 0 Å². The molecule has 0 atom stereocenters. The molecular weight excluding hydrogens is 292 g/mol. The predicted molar refractivity (Wildman–Crippen MR) is 75.6 cm³/mol. The average molecular weight is 309 g/mol. The minimum absolute atomic E-state index is 0.485. The maximum absolute atomic E-state index is 5.58. The first kappa shape index (κ1) is 12.2. The van der Waals surface area contributed by atoms with Crippen LogP contribution < -0.4 is 0 Å². The zero-order chi connectivity index (χ0) is 12.5. The van der Waals surface area contributed by atoms with Crippen LogP contribution in [0.25, 0.3) is 11.0 Å². The lowest BCUT2D eigenvalue weighted by atomic mass is 9.80. The van der Waals surface area contributed by atoms with Crippen LogP contribution in [0.4, 0.5) is 0 Å². The molecular formula is C14H17BrN2O. The van der Waals surface area contributed by atoms with Crippen molar-refractivity contribution < 1.29 is 4.74 Å². The second kappa shape index (κ2) is 5.02.